The van der Waals surface area contributed by atoms with Gasteiger partial charge in [0, 0.05) is 18.5 Å². The smallest absolute Gasteiger partial charge is 0.343 e. The van der Waals surface area contributed by atoms with Gasteiger partial charge in [-0.1, -0.05) is 0 Å². The van der Waals surface area contributed by atoms with Gasteiger partial charge >= 0.3 is 5.97 Å². The normalized spacial score (nSPS) is 10.4. The summed E-state index contributed by atoms with van der Waals surface area (Å²) in [4.78, 5) is 24.2. The highest BCUT2D eigenvalue weighted by Gasteiger charge is 2.26. The minimum atomic E-state index is -0.964. The summed E-state index contributed by atoms with van der Waals surface area (Å²) in [6.07, 6.45) is 3.28. The Balaban J connectivity index is 1.71. The number of anilines is 1. The number of carbonyl (C=O) groups excluding carboxylic acids is 2. The third-order valence-corrected chi connectivity index (χ3v) is 3.76. The van der Waals surface area contributed by atoms with Crippen LogP contribution in [0, 0.1) is 29.9 Å². The fourth-order valence-corrected chi connectivity index (χ4v) is 2.51. The van der Waals surface area contributed by atoms with Crippen LogP contribution < -0.4 is 5.32 Å². The number of carbonyl (C=O) groups is 2. The predicted molar refractivity (Wildman–Crippen MR) is 92.8 cm³/mol. The van der Waals surface area contributed by atoms with Gasteiger partial charge in [0.05, 0.1) is 5.69 Å². The van der Waals surface area contributed by atoms with Crippen LogP contribution in [0.15, 0.2) is 47.1 Å². The zero-order chi connectivity index (χ0) is 20.3. The van der Waals surface area contributed by atoms with Gasteiger partial charge < -0.3 is 14.5 Å². The Morgan fingerprint density at radius 2 is 2.00 bits per heavy atom. The van der Waals surface area contributed by atoms with Crippen molar-refractivity contribution in [1.29, 1.82) is 5.26 Å². The second kappa shape index (κ2) is 7.75. The third kappa shape index (κ3) is 3.76. The van der Waals surface area contributed by atoms with E-state index in [0.717, 1.165) is 12.1 Å². The number of aryl methyl sites for hydroxylation is 1. The van der Waals surface area contributed by atoms with Crippen LogP contribution in [0.2, 0.25) is 0 Å². The topological polar surface area (TPSA) is 97.3 Å². The fourth-order valence-electron chi connectivity index (χ4n) is 2.51. The number of furan rings is 1. The first-order chi connectivity index (χ1) is 13.4. The van der Waals surface area contributed by atoms with Gasteiger partial charge in [0.1, 0.15) is 34.6 Å². The Morgan fingerprint density at radius 1 is 1.29 bits per heavy atom. The summed E-state index contributed by atoms with van der Waals surface area (Å²) in [6.45, 7) is 0.752. The van der Waals surface area contributed by atoms with Crippen molar-refractivity contribution >= 4 is 17.6 Å². The van der Waals surface area contributed by atoms with Crippen molar-refractivity contribution in [2.24, 2.45) is 0 Å². The van der Waals surface area contributed by atoms with Gasteiger partial charge in [-0.15, -0.1) is 0 Å². The molecule has 0 aliphatic carbocycles. The maximum Gasteiger partial charge on any atom is 0.343 e. The molecule has 0 unspecified atom stereocenters. The standard InChI is InChI=1S/C19H13F2N3O4/c1-11-17(13(9-22)18(28-11)24-6-2-3-7-24)19(26)27-10-16(25)23-15-5-4-12(20)8-14(15)21/h2-8H,10H2,1H3,(H,23,25). The number of nitriles is 1. The number of rotatable bonds is 5. The van der Waals surface area contributed by atoms with Crippen LogP contribution in [0.1, 0.15) is 21.7 Å². The van der Waals surface area contributed by atoms with E-state index in [1.165, 1.54) is 11.5 Å². The molecule has 0 atom stereocenters. The van der Waals surface area contributed by atoms with Crippen molar-refractivity contribution in [1.82, 2.24) is 4.57 Å². The molecule has 0 fully saturated rings. The van der Waals surface area contributed by atoms with Crippen molar-refractivity contribution < 1.29 is 27.5 Å². The molecule has 0 saturated carbocycles. The lowest BCUT2D eigenvalue weighted by Gasteiger charge is -2.07. The Bertz CT molecular complexity index is 1080. The number of esters is 1. The zero-order valence-electron chi connectivity index (χ0n) is 14.5. The maximum atomic E-state index is 13.6. The highest BCUT2D eigenvalue weighted by atomic mass is 19.1. The van der Waals surface area contributed by atoms with Crippen molar-refractivity contribution in [3.8, 4) is 12.0 Å². The van der Waals surface area contributed by atoms with Crippen LogP contribution in [0.4, 0.5) is 14.5 Å². The average molecular weight is 385 g/mol. The van der Waals surface area contributed by atoms with E-state index in [0.29, 0.717) is 6.07 Å². The largest absolute Gasteiger partial charge is 0.452 e. The molecule has 9 heteroatoms. The Kier molecular flexibility index (Phi) is 5.22. The molecule has 3 rings (SSSR count). The number of amides is 1. The highest BCUT2D eigenvalue weighted by molar-refractivity contribution is 5.97. The summed E-state index contributed by atoms with van der Waals surface area (Å²) in [6, 6.07) is 7.96. The lowest BCUT2D eigenvalue weighted by atomic mass is 10.1. The molecule has 0 bridgehead atoms. The van der Waals surface area contributed by atoms with Crippen LogP contribution in [-0.4, -0.2) is 23.1 Å². The zero-order valence-corrected chi connectivity index (χ0v) is 14.5. The van der Waals surface area contributed by atoms with E-state index < -0.39 is 30.1 Å². The number of halogens is 2. The van der Waals surface area contributed by atoms with Gasteiger partial charge in [0.25, 0.3) is 5.91 Å². The van der Waals surface area contributed by atoms with Crippen LogP contribution >= 0.6 is 0 Å². The Morgan fingerprint density at radius 3 is 2.64 bits per heavy atom. The molecule has 0 aliphatic rings. The van der Waals surface area contributed by atoms with E-state index in [1.54, 1.807) is 24.5 Å². The molecule has 1 amide bonds. The lowest BCUT2D eigenvalue weighted by molar-refractivity contribution is -0.119. The highest BCUT2D eigenvalue weighted by Crippen LogP contribution is 2.26. The van der Waals surface area contributed by atoms with Crippen LogP contribution in [-0.2, 0) is 9.53 Å². The second-order valence-electron chi connectivity index (χ2n) is 5.66. The second-order valence-corrected chi connectivity index (χ2v) is 5.66. The maximum absolute atomic E-state index is 13.6. The van der Waals surface area contributed by atoms with E-state index in [4.69, 9.17) is 9.15 Å². The van der Waals surface area contributed by atoms with E-state index in [2.05, 4.69) is 5.32 Å². The molecule has 142 valence electrons. The summed E-state index contributed by atoms with van der Waals surface area (Å²) < 4.78 is 38.3. The number of nitrogens with zero attached hydrogens (tertiary/aromatic N) is 2. The molecule has 0 aliphatic heterocycles. The van der Waals surface area contributed by atoms with Crippen molar-refractivity contribution in [3.05, 3.63) is 71.2 Å². The molecule has 0 spiro atoms. The first-order valence-corrected chi connectivity index (χ1v) is 7.99. The Hall–Kier alpha value is -3.93. The molecule has 0 saturated heterocycles. The fraction of sp³-hybridized carbons (Fsp3) is 0.105. The van der Waals surface area contributed by atoms with Gasteiger partial charge in [-0.05, 0) is 31.2 Å². The van der Waals surface area contributed by atoms with Gasteiger partial charge in [-0.25, -0.2) is 13.6 Å². The van der Waals surface area contributed by atoms with Crippen molar-refractivity contribution in [3.63, 3.8) is 0 Å². The summed E-state index contributed by atoms with van der Waals surface area (Å²) in [7, 11) is 0. The lowest BCUT2D eigenvalue weighted by Crippen LogP contribution is -2.22. The number of hydrogen-bond donors (Lipinski definition) is 1. The van der Waals surface area contributed by atoms with Gasteiger partial charge in [0.15, 0.2) is 6.61 Å². The average Bonchev–Trinajstić information content (AvgIpc) is 3.29. The molecule has 2 aromatic heterocycles. The van der Waals surface area contributed by atoms with Crippen molar-refractivity contribution in [2.45, 2.75) is 6.92 Å². The molecular formula is C19H13F2N3O4. The number of hydrogen-bond acceptors (Lipinski definition) is 5. The molecule has 1 aromatic carbocycles. The van der Waals surface area contributed by atoms with E-state index >= 15 is 0 Å². The summed E-state index contributed by atoms with van der Waals surface area (Å²) >= 11 is 0. The SMILES string of the molecule is Cc1oc(-n2cccc2)c(C#N)c1C(=O)OCC(=O)Nc1ccc(F)cc1F. The third-order valence-electron chi connectivity index (χ3n) is 3.76. The predicted octanol–water partition coefficient (Wildman–Crippen LogP) is 3.32. The number of benzene rings is 1. The number of ether oxygens (including phenoxy) is 1. The molecule has 2 heterocycles. The van der Waals surface area contributed by atoms with Gasteiger partial charge in [0.2, 0.25) is 5.88 Å². The van der Waals surface area contributed by atoms with E-state index in [9.17, 15) is 23.6 Å². The van der Waals surface area contributed by atoms with Crippen LogP contribution in [0.3, 0.4) is 0 Å². The van der Waals surface area contributed by atoms with Gasteiger partial charge in [-0.2, -0.15) is 5.26 Å². The first kappa shape index (κ1) is 18.8. The minimum Gasteiger partial charge on any atom is -0.452 e. The molecule has 7 nitrogen and oxygen atoms in total. The summed E-state index contributed by atoms with van der Waals surface area (Å²) in [5.74, 6) is -3.23. The molecule has 3 aromatic rings. The molecule has 1 N–H and O–H groups in total. The quantitative estimate of drug-likeness (QED) is 0.680. The summed E-state index contributed by atoms with van der Waals surface area (Å²) in [5, 5.41) is 11.6. The van der Waals surface area contributed by atoms with E-state index in [-0.39, 0.29) is 28.5 Å². The molecular weight excluding hydrogens is 372 g/mol. The summed E-state index contributed by atoms with van der Waals surface area (Å²) in [5.41, 5.74) is -0.398. The monoisotopic (exact) mass is 385 g/mol. The van der Waals surface area contributed by atoms with Crippen LogP contribution in [0.25, 0.3) is 5.88 Å². The van der Waals surface area contributed by atoms with Crippen LogP contribution in [0.5, 0.6) is 0 Å². The van der Waals surface area contributed by atoms with E-state index in [1.807, 2.05) is 6.07 Å². The van der Waals surface area contributed by atoms with Gasteiger partial charge in [-0.3, -0.25) is 9.36 Å². The number of aromatic nitrogens is 1. The molecule has 28 heavy (non-hydrogen) atoms. The Labute approximate surface area is 157 Å². The molecule has 0 radical (unpaired) electrons. The van der Waals surface area contributed by atoms with Crippen molar-refractivity contribution in [2.75, 3.05) is 11.9 Å². The minimum absolute atomic E-state index is 0.0383. The number of nitrogens with one attached hydrogen (secondary N) is 1. The first-order valence-electron chi connectivity index (χ1n) is 7.99.